The van der Waals surface area contributed by atoms with Gasteiger partial charge in [0.15, 0.2) is 5.82 Å². The zero-order valence-electron chi connectivity index (χ0n) is 16.0. The molecule has 3 rings (SSSR count). The molecule has 1 aliphatic rings. The van der Waals surface area contributed by atoms with Crippen molar-refractivity contribution in [3.05, 3.63) is 41.8 Å². The lowest BCUT2D eigenvalue weighted by Gasteiger charge is -2.37. The van der Waals surface area contributed by atoms with Gasteiger partial charge in [-0.1, -0.05) is 19.0 Å². The molecule has 27 heavy (non-hydrogen) atoms. The van der Waals surface area contributed by atoms with Gasteiger partial charge in [0.2, 0.25) is 11.8 Å². The van der Waals surface area contributed by atoms with E-state index < -0.39 is 0 Å². The fraction of sp³-hybridized carbons (Fsp3) is 0.526. The van der Waals surface area contributed by atoms with Crippen molar-refractivity contribution in [3.63, 3.8) is 0 Å². The van der Waals surface area contributed by atoms with Gasteiger partial charge in [-0.3, -0.25) is 14.6 Å². The number of rotatable bonds is 7. The molecule has 3 heterocycles. The van der Waals surface area contributed by atoms with E-state index in [2.05, 4.69) is 15.1 Å². The van der Waals surface area contributed by atoms with E-state index >= 15 is 0 Å². The Morgan fingerprint density at radius 2 is 2.00 bits per heavy atom. The molecule has 2 aromatic rings. The van der Waals surface area contributed by atoms with Gasteiger partial charge in [-0.2, -0.15) is 4.98 Å². The number of pyridine rings is 1. The first-order valence-electron chi connectivity index (χ1n) is 9.19. The lowest BCUT2D eigenvalue weighted by Crippen LogP contribution is -2.48. The molecule has 8 nitrogen and oxygen atoms in total. The normalized spacial score (nSPS) is 14.3. The Balaban J connectivity index is 1.46. The van der Waals surface area contributed by atoms with Gasteiger partial charge in [-0.05, 0) is 18.1 Å². The Bertz CT molecular complexity index is 784. The molecular formula is C19H25N5O3. The zero-order chi connectivity index (χ0) is 19.4. The Labute approximate surface area is 158 Å². The molecule has 2 amide bonds. The summed E-state index contributed by atoms with van der Waals surface area (Å²) in [5, 5.41) is 4.00. The summed E-state index contributed by atoms with van der Waals surface area (Å²) in [6.07, 6.45) is 4.28. The van der Waals surface area contributed by atoms with Crippen LogP contribution in [-0.4, -0.2) is 63.4 Å². The second kappa shape index (κ2) is 8.28. The first-order chi connectivity index (χ1) is 12.9. The van der Waals surface area contributed by atoms with Crippen LogP contribution < -0.4 is 0 Å². The Morgan fingerprint density at radius 3 is 2.67 bits per heavy atom. The number of aromatic nitrogens is 3. The van der Waals surface area contributed by atoms with Crippen molar-refractivity contribution in [3.8, 4) is 0 Å². The van der Waals surface area contributed by atoms with E-state index in [0.717, 1.165) is 0 Å². The minimum absolute atomic E-state index is 0.0700. The topological polar surface area (TPSA) is 92.4 Å². The van der Waals surface area contributed by atoms with E-state index in [9.17, 15) is 9.59 Å². The van der Waals surface area contributed by atoms with E-state index in [0.29, 0.717) is 55.7 Å². The highest BCUT2D eigenvalue weighted by Gasteiger charge is 2.35. The van der Waals surface area contributed by atoms with Gasteiger partial charge in [0, 0.05) is 57.5 Å². The second-order valence-corrected chi connectivity index (χ2v) is 7.36. The molecule has 0 unspecified atom stereocenters. The van der Waals surface area contributed by atoms with Crippen LogP contribution in [0, 0.1) is 5.92 Å². The molecule has 0 bridgehead atoms. The van der Waals surface area contributed by atoms with Crippen molar-refractivity contribution in [2.75, 3.05) is 26.7 Å². The number of carbonyl (C=O) groups excluding carboxylic acids is 2. The molecule has 1 fully saturated rings. The summed E-state index contributed by atoms with van der Waals surface area (Å²) in [5.74, 6) is 1.72. The molecule has 8 heteroatoms. The third kappa shape index (κ3) is 4.69. The summed E-state index contributed by atoms with van der Waals surface area (Å²) < 4.78 is 5.34. The van der Waals surface area contributed by atoms with E-state index in [1.807, 2.05) is 18.7 Å². The molecular weight excluding hydrogens is 346 g/mol. The summed E-state index contributed by atoms with van der Waals surface area (Å²) in [7, 11) is 1.74. The van der Waals surface area contributed by atoms with Gasteiger partial charge in [-0.25, -0.2) is 0 Å². The molecule has 0 spiro atoms. The maximum Gasteiger partial charge on any atom is 0.253 e. The monoisotopic (exact) mass is 371 g/mol. The van der Waals surface area contributed by atoms with E-state index in [4.69, 9.17) is 4.52 Å². The lowest BCUT2D eigenvalue weighted by atomic mass is 9.98. The van der Waals surface area contributed by atoms with E-state index in [-0.39, 0.29) is 17.7 Å². The summed E-state index contributed by atoms with van der Waals surface area (Å²) in [4.78, 5) is 36.1. The van der Waals surface area contributed by atoms with Gasteiger partial charge in [0.1, 0.15) is 0 Å². The number of nitrogens with zero attached hydrogens (tertiary/aromatic N) is 5. The third-order valence-electron chi connectivity index (χ3n) is 4.59. The quantitative estimate of drug-likeness (QED) is 0.736. The number of likely N-dealkylation sites (N-methyl/N-ethyl adjacent to an activating group) is 1. The van der Waals surface area contributed by atoms with Gasteiger partial charge >= 0.3 is 0 Å². The summed E-state index contributed by atoms with van der Waals surface area (Å²) in [6.45, 7) is 5.83. The zero-order valence-corrected chi connectivity index (χ0v) is 16.0. The number of hydrogen-bond acceptors (Lipinski definition) is 6. The van der Waals surface area contributed by atoms with Crippen molar-refractivity contribution in [1.82, 2.24) is 24.9 Å². The van der Waals surface area contributed by atoms with Crippen molar-refractivity contribution < 1.29 is 14.1 Å². The van der Waals surface area contributed by atoms with Crippen LogP contribution in [-0.2, 0) is 11.2 Å². The van der Waals surface area contributed by atoms with Crippen LogP contribution in [0.1, 0.15) is 48.3 Å². The molecule has 144 valence electrons. The molecule has 0 N–H and O–H groups in total. The molecule has 0 aliphatic carbocycles. The fourth-order valence-corrected chi connectivity index (χ4v) is 2.94. The smallest absolute Gasteiger partial charge is 0.253 e. The summed E-state index contributed by atoms with van der Waals surface area (Å²) in [6, 6.07) is 3.38. The predicted octanol–water partition coefficient (Wildman–Crippen LogP) is 1.75. The largest absolute Gasteiger partial charge is 0.341 e. The fourth-order valence-electron chi connectivity index (χ4n) is 2.94. The minimum atomic E-state index is -0.0700. The van der Waals surface area contributed by atoms with Crippen molar-refractivity contribution in [1.29, 1.82) is 0 Å². The summed E-state index contributed by atoms with van der Waals surface area (Å²) >= 11 is 0. The molecule has 2 aromatic heterocycles. The van der Waals surface area contributed by atoms with Crippen LogP contribution in [0.4, 0.5) is 0 Å². The predicted molar refractivity (Wildman–Crippen MR) is 98.0 cm³/mol. The highest BCUT2D eigenvalue weighted by atomic mass is 16.5. The molecule has 0 radical (unpaired) electrons. The first-order valence-corrected chi connectivity index (χ1v) is 9.19. The minimum Gasteiger partial charge on any atom is -0.341 e. The second-order valence-electron chi connectivity index (χ2n) is 7.36. The first kappa shape index (κ1) is 19.0. The SMILES string of the molecule is CC(C)CC(=O)N1CC(c2nc(CCN(C)C(=O)c3ccncc3)no2)C1. The number of carbonyl (C=O) groups is 2. The molecule has 0 aromatic carbocycles. The van der Waals surface area contributed by atoms with E-state index in [1.54, 1.807) is 36.5 Å². The van der Waals surface area contributed by atoms with Crippen molar-refractivity contribution >= 4 is 11.8 Å². The highest BCUT2D eigenvalue weighted by Crippen LogP contribution is 2.26. The number of hydrogen-bond donors (Lipinski definition) is 0. The lowest BCUT2D eigenvalue weighted by molar-refractivity contribution is -0.136. The van der Waals surface area contributed by atoms with Gasteiger partial charge in [-0.15, -0.1) is 0 Å². The maximum atomic E-state index is 12.3. The molecule has 1 saturated heterocycles. The van der Waals surface area contributed by atoms with Crippen molar-refractivity contribution in [2.24, 2.45) is 5.92 Å². The van der Waals surface area contributed by atoms with Crippen LogP contribution in [0.3, 0.4) is 0 Å². The average molecular weight is 371 g/mol. The van der Waals surface area contributed by atoms with E-state index in [1.165, 1.54) is 0 Å². The number of amides is 2. The average Bonchev–Trinajstić information content (AvgIpc) is 3.06. The Morgan fingerprint density at radius 1 is 1.30 bits per heavy atom. The maximum absolute atomic E-state index is 12.3. The van der Waals surface area contributed by atoms with Crippen LogP contribution >= 0.6 is 0 Å². The summed E-state index contributed by atoms with van der Waals surface area (Å²) in [5.41, 5.74) is 0.599. The Kier molecular flexibility index (Phi) is 5.83. The number of likely N-dealkylation sites (tertiary alicyclic amines) is 1. The Hall–Kier alpha value is -2.77. The van der Waals surface area contributed by atoms with Crippen LogP contribution in [0.2, 0.25) is 0 Å². The van der Waals surface area contributed by atoms with Gasteiger partial charge < -0.3 is 14.3 Å². The molecule has 0 atom stereocenters. The highest BCUT2D eigenvalue weighted by molar-refractivity contribution is 5.93. The standard InChI is InChI=1S/C19H25N5O3/c1-13(2)10-17(25)24-11-15(12-24)18-21-16(22-27-18)6-9-23(3)19(26)14-4-7-20-8-5-14/h4-5,7-8,13,15H,6,9-12H2,1-3H3. The molecule has 0 saturated carbocycles. The van der Waals surface area contributed by atoms with Gasteiger partial charge in [0.05, 0.1) is 5.92 Å². The third-order valence-corrected chi connectivity index (χ3v) is 4.59. The van der Waals surface area contributed by atoms with Gasteiger partial charge in [0.25, 0.3) is 5.91 Å². The van der Waals surface area contributed by atoms with Crippen molar-refractivity contribution in [2.45, 2.75) is 32.6 Å². The molecule has 1 aliphatic heterocycles. The van der Waals surface area contributed by atoms with Crippen LogP contribution in [0.5, 0.6) is 0 Å². The van der Waals surface area contributed by atoms with Crippen LogP contribution in [0.15, 0.2) is 29.0 Å². The van der Waals surface area contributed by atoms with Crippen LogP contribution in [0.25, 0.3) is 0 Å².